The molecule has 1 heterocycles. The van der Waals surface area contributed by atoms with Crippen LogP contribution in [0, 0.1) is 0 Å². The second-order valence-corrected chi connectivity index (χ2v) is 7.90. The molecule has 0 spiro atoms. The molecule has 118 valence electrons. The topological polar surface area (TPSA) is 106 Å². The van der Waals surface area contributed by atoms with E-state index >= 15 is 0 Å². The summed E-state index contributed by atoms with van der Waals surface area (Å²) >= 11 is 3.32. The summed E-state index contributed by atoms with van der Waals surface area (Å²) in [5.74, 6) is 0. The zero-order valence-electron chi connectivity index (χ0n) is 12.1. The maximum atomic E-state index is 11.8. The van der Waals surface area contributed by atoms with Gasteiger partial charge in [0.15, 0.2) is 0 Å². The van der Waals surface area contributed by atoms with Crippen molar-refractivity contribution in [1.82, 2.24) is 9.97 Å². The molecule has 8 heteroatoms. The average Bonchev–Trinajstić information content (AvgIpc) is 2.46. The number of aromatic nitrogens is 2. The van der Waals surface area contributed by atoms with Gasteiger partial charge in [0, 0.05) is 17.2 Å². The summed E-state index contributed by atoms with van der Waals surface area (Å²) in [4.78, 5) is 7.98. The average molecular weight is 386 g/mol. The molecule has 0 saturated carbocycles. The fraction of sp³-hybridized carbons (Fsp3) is 0.286. The molecule has 1 aromatic carbocycles. The number of hydrogen-bond donors (Lipinski definition) is 2. The van der Waals surface area contributed by atoms with Crippen LogP contribution in [0.25, 0.3) is 11.3 Å². The number of sulfonamides is 1. The van der Waals surface area contributed by atoms with Crippen molar-refractivity contribution in [2.75, 3.05) is 6.61 Å². The van der Waals surface area contributed by atoms with Gasteiger partial charge in [-0.3, -0.25) is 0 Å². The number of hydrogen-bond acceptors (Lipinski definition) is 5. The lowest BCUT2D eigenvalue weighted by Gasteiger charge is -2.23. The van der Waals surface area contributed by atoms with E-state index in [2.05, 4.69) is 25.9 Å². The van der Waals surface area contributed by atoms with E-state index in [1.54, 1.807) is 12.1 Å². The van der Waals surface area contributed by atoms with Gasteiger partial charge in [-0.25, -0.2) is 23.5 Å². The van der Waals surface area contributed by atoms with Crippen LogP contribution in [0.2, 0.25) is 0 Å². The summed E-state index contributed by atoms with van der Waals surface area (Å²) in [6, 6.07) is 4.77. The van der Waals surface area contributed by atoms with Gasteiger partial charge in [0.25, 0.3) is 0 Å². The van der Waals surface area contributed by atoms with E-state index in [-0.39, 0.29) is 11.5 Å². The van der Waals surface area contributed by atoms with Crippen molar-refractivity contribution in [3.8, 4) is 11.3 Å². The van der Waals surface area contributed by atoms with Crippen LogP contribution in [-0.2, 0) is 15.4 Å². The molecule has 2 rings (SSSR count). The molecule has 0 bridgehead atoms. The number of nitrogens with two attached hydrogens (primary N) is 1. The molecule has 0 aliphatic rings. The molecular formula is C14H16BrN3O3S. The summed E-state index contributed by atoms with van der Waals surface area (Å²) in [5.41, 5.74) is 1.05. The minimum absolute atomic E-state index is 0.0237. The van der Waals surface area contributed by atoms with Gasteiger partial charge < -0.3 is 5.11 Å². The van der Waals surface area contributed by atoms with E-state index in [4.69, 9.17) is 5.14 Å². The summed E-state index contributed by atoms with van der Waals surface area (Å²) < 4.78 is 24.2. The first-order valence-electron chi connectivity index (χ1n) is 6.41. The van der Waals surface area contributed by atoms with Gasteiger partial charge in [-0.2, -0.15) is 0 Å². The van der Waals surface area contributed by atoms with E-state index in [9.17, 15) is 13.5 Å². The number of halogens is 1. The predicted octanol–water partition coefficient (Wildman–Crippen LogP) is 1.82. The number of primary sulfonamides is 1. The van der Waals surface area contributed by atoms with Crippen molar-refractivity contribution in [3.05, 3.63) is 40.8 Å². The van der Waals surface area contributed by atoms with E-state index in [1.807, 2.05) is 13.8 Å². The van der Waals surface area contributed by atoms with Crippen molar-refractivity contribution < 1.29 is 13.5 Å². The lowest BCUT2D eigenvalue weighted by Crippen LogP contribution is -2.23. The van der Waals surface area contributed by atoms with Crippen molar-refractivity contribution in [3.63, 3.8) is 0 Å². The normalized spacial score (nSPS) is 12.4. The zero-order valence-corrected chi connectivity index (χ0v) is 14.5. The van der Waals surface area contributed by atoms with Crippen LogP contribution < -0.4 is 5.14 Å². The SMILES string of the molecule is CC(C)(CO)c1ccc(S(N)(=O)=O)c(-c2ncncc2Br)c1. The number of nitrogens with zero attached hydrogens (tertiary/aromatic N) is 2. The van der Waals surface area contributed by atoms with Crippen molar-refractivity contribution in [2.45, 2.75) is 24.2 Å². The van der Waals surface area contributed by atoms with Gasteiger partial charge in [0.05, 0.1) is 21.7 Å². The molecule has 0 atom stereocenters. The first-order chi connectivity index (χ1) is 10.2. The minimum Gasteiger partial charge on any atom is -0.395 e. The molecule has 0 unspecified atom stereocenters. The Hall–Kier alpha value is -1.35. The van der Waals surface area contributed by atoms with Gasteiger partial charge in [-0.15, -0.1) is 0 Å². The highest BCUT2D eigenvalue weighted by Gasteiger charge is 2.24. The summed E-state index contributed by atoms with van der Waals surface area (Å²) in [5, 5.41) is 14.8. The van der Waals surface area contributed by atoms with Gasteiger partial charge in [0.2, 0.25) is 10.0 Å². The standard InChI is InChI=1S/C14H16BrN3O3S/c1-14(2,7-19)9-3-4-12(22(16,20)21)10(5-9)13-11(15)6-17-8-18-13/h3-6,8,19H,7H2,1-2H3,(H2,16,20,21). The highest BCUT2D eigenvalue weighted by molar-refractivity contribution is 9.10. The van der Waals surface area contributed by atoms with Gasteiger partial charge >= 0.3 is 0 Å². The van der Waals surface area contributed by atoms with Gasteiger partial charge in [-0.1, -0.05) is 19.9 Å². The molecule has 0 aliphatic heterocycles. The van der Waals surface area contributed by atoms with Crippen molar-refractivity contribution >= 4 is 26.0 Å². The quantitative estimate of drug-likeness (QED) is 0.834. The summed E-state index contributed by atoms with van der Waals surface area (Å²) in [6.07, 6.45) is 2.86. The maximum absolute atomic E-state index is 11.8. The molecule has 0 amide bonds. The zero-order chi connectivity index (χ0) is 16.5. The largest absolute Gasteiger partial charge is 0.395 e. The molecule has 0 aliphatic carbocycles. The Balaban J connectivity index is 2.78. The second kappa shape index (κ2) is 6.04. The fourth-order valence-electron chi connectivity index (χ4n) is 1.99. The Labute approximate surface area is 137 Å². The molecule has 0 fully saturated rings. The Morgan fingerprint density at radius 1 is 1.36 bits per heavy atom. The van der Waals surface area contributed by atoms with E-state index in [1.165, 1.54) is 18.6 Å². The van der Waals surface area contributed by atoms with Crippen LogP contribution in [0.5, 0.6) is 0 Å². The van der Waals surface area contributed by atoms with Crippen LogP contribution >= 0.6 is 15.9 Å². The van der Waals surface area contributed by atoms with E-state index < -0.39 is 15.4 Å². The molecule has 6 nitrogen and oxygen atoms in total. The van der Waals surface area contributed by atoms with Crippen LogP contribution in [-0.4, -0.2) is 30.1 Å². The molecule has 2 aromatic rings. The molecule has 3 N–H and O–H groups in total. The lowest BCUT2D eigenvalue weighted by atomic mass is 9.84. The van der Waals surface area contributed by atoms with Crippen LogP contribution in [0.15, 0.2) is 40.1 Å². The number of aliphatic hydroxyl groups excluding tert-OH is 1. The van der Waals surface area contributed by atoms with Crippen LogP contribution in [0.4, 0.5) is 0 Å². The van der Waals surface area contributed by atoms with Crippen LogP contribution in [0.3, 0.4) is 0 Å². The highest BCUT2D eigenvalue weighted by Crippen LogP contribution is 2.34. The highest BCUT2D eigenvalue weighted by atomic mass is 79.9. The second-order valence-electron chi connectivity index (χ2n) is 5.52. The van der Waals surface area contributed by atoms with Crippen molar-refractivity contribution in [1.29, 1.82) is 0 Å². The third kappa shape index (κ3) is 3.35. The first-order valence-corrected chi connectivity index (χ1v) is 8.75. The lowest BCUT2D eigenvalue weighted by molar-refractivity contribution is 0.218. The third-order valence-corrected chi connectivity index (χ3v) is 4.93. The van der Waals surface area contributed by atoms with Crippen LogP contribution in [0.1, 0.15) is 19.4 Å². The predicted molar refractivity (Wildman–Crippen MR) is 86.7 cm³/mol. The molecule has 0 saturated heterocycles. The third-order valence-electron chi connectivity index (χ3n) is 3.39. The summed E-state index contributed by atoms with van der Waals surface area (Å²) in [6.45, 7) is 3.64. The van der Waals surface area contributed by atoms with Gasteiger partial charge in [0.1, 0.15) is 6.33 Å². The summed E-state index contributed by atoms with van der Waals surface area (Å²) in [7, 11) is -3.91. The number of rotatable bonds is 4. The molecule has 22 heavy (non-hydrogen) atoms. The molecular weight excluding hydrogens is 370 g/mol. The Morgan fingerprint density at radius 2 is 2.05 bits per heavy atom. The minimum atomic E-state index is -3.91. The number of benzene rings is 1. The Bertz CT molecular complexity index is 807. The Kier molecular flexibility index (Phi) is 4.67. The molecule has 1 aromatic heterocycles. The Morgan fingerprint density at radius 3 is 2.59 bits per heavy atom. The number of aliphatic hydroxyl groups is 1. The van der Waals surface area contributed by atoms with Gasteiger partial charge in [-0.05, 0) is 33.6 Å². The van der Waals surface area contributed by atoms with E-state index in [0.29, 0.717) is 15.7 Å². The van der Waals surface area contributed by atoms with E-state index in [0.717, 1.165) is 5.56 Å². The monoisotopic (exact) mass is 385 g/mol. The smallest absolute Gasteiger partial charge is 0.238 e. The molecule has 0 radical (unpaired) electrons. The first kappa shape index (κ1) is 17.0. The maximum Gasteiger partial charge on any atom is 0.238 e. The van der Waals surface area contributed by atoms with Crippen molar-refractivity contribution in [2.24, 2.45) is 5.14 Å². The fourth-order valence-corrected chi connectivity index (χ4v) is 3.14.